The molecule has 1 unspecified atom stereocenters. The number of hydrogen-bond donors (Lipinski definition) is 0. The average Bonchev–Trinajstić information content (AvgIpc) is 3.35. The van der Waals surface area contributed by atoms with Crippen molar-refractivity contribution in [3.05, 3.63) is 35.4 Å². The fourth-order valence-electron chi connectivity index (χ4n) is 3.96. The highest BCUT2D eigenvalue weighted by molar-refractivity contribution is 6.21. The van der Waals surface area contributed by atoms with Crippen LogP contribution < -0.4 is 0 Å². The third-order valence-corrected chi connectivity index (χ3v) is 5.58. The van der Waals surface area contributed by atoms with Crippen LogP contribution in [0.25, 0.3) is 0 Å². The minimum Gasteiger partial charge on any atom is -0.368 e. The minimum atomic E-state index is -0.347. The molecule has 2 saturated heterocycles. The smallest absolute Gasteiger partial charge is 0.261 e. The third-order valence-electron chi connectivity index (χ3n) is 5.58. The first-order valence-corrected chi connectivity index (χ1v) is 9.69. The standard InChI is InChI=1S/C20H23N3O5/c24-17(7-8-23-18(25)14-4-1-2-5-15(14)19(23)26)21-9-11-22(12-10-21)20(27)16-6-3-13-28-16/h1-2,4-5,16H,3,6-13H2. The van der Waals surface area contributed by atoms with Crippen LogP contribution in [-0.2, 0) is 14.3 Å². The zero-order valence-corrected chi connectivity index (χ0v) is 15.6. The lowest BCUT2D eigenvalue weighted by Gasteiger charge is -2.36. The molecule has 1 aromatic rings. The Morgan fingerprint density at radius 3 is 2.14 bits per heavy atom. The predicted octanol–water partition coefficient (Wildman–Crippen LogP) is 0.522. The van der Waals surface area contributed by atoms with E-state index < -0.39 is 0 Å². The van der Waals surface area contributed by atoms with Gasteiger partial charge in [-0.15, -0.1) is 0 Å². The molecule has 0 aliphatic carbocycles. The maximum Gasteiger partial charge on any atom is 0.261 e. The summed E-state index contributed by atoms with van der Waals surface area (Å²) in [5, 5.41) is 0. The average molecular weight is 385 g/mol. The molecule has 0 saturated carbocycles. The number of nitrogens with zero attached hydrogens (tertiary/aromatic N) is 3. The van der Waals surface area contributed by atoms with Crippen LogP contribution in [0.4, 0.5) is 0 Å². The maximum absolute atomic E-state index is 12.5. The lowest BCUT2D eigenvalue weighted by atomic mass is 10.1. The van der Waals surface area contributed by atoms with E-state index in [4.69, 9.17) is 4.74 Å². The molecule has 8 heteroatoms. The number of fused-ring (bicyclic) bond motifs is 1. The Morgan fingerprint density at radius 2 is 1.57 bits per heavy atom. The lowest BCUT2D eigenvalue weighted by Crippen LogP contribution is -2.53. The number of piperazine rings is 1. The molecular formula is C20H23N3O5. The van der Waals surface area contributed by atoms with Crippen LogP contribution in [0, 0.1) is 0 Å². The van der Waals surface area contributed by atoms with Crippen LogP contribution >= 0.6 is 0 Å². The first kappa shape index (κ1) is 18.6. The number of carbonyl (C=O) groups excluding carboxylic acids is 4. The number of amides is 4. The second kappa shape index (κ2) is 7.71. The summed E-state index contributed by atoms with van der Waals surface area (Å²) < 4.78 is 5.44. The maximum atomic E-state index is 12.5. The quantitative estimate of drug-likeness (QED) is 0.706. The van der Waals surface area contributed by atoms with E-state index in [9.17, 15) is 19.2 Å². The molecule has 1 aromatic carbocycles. The summed E-state index contributed by atoms with van der Waals surface area (Å²) in [5.74, 6) is -0.794. The fraction of sp³-hybridized carbons (Fsp3) is 0.500. The fourth-order valence-corrected chi connectivity index (χ4v) is 3.96. The lowest BCUT2D eigenvalue weighted by molar-refractivity contribution is -0.146. The van der Waals surface area contributed by atoms with Crippen molar-refractivity contribution in [2.24, 2.45) is 0 Å². The molecule has 3 heterocycles. The summed E-state index contributed by atoms with van der Waals surface area (Å²) in [6, 6.07) is 6.69. The van der Waals surface area contributed by atoms with Gasteiger partial charge >= 0.3 is 0 Å². The summed E-state index contributed by atoms with van der Waals surface area (Å²) in [6.07, 6.45) is 1.42. The molecule has 0 bridgehead atoms. The molecule has 0 N–H and O–H groups in total. The summed E-state index contributed by atoms with van der Waals surface area (Å²) in [5.41, 5.74) is 0.780. The molecule has 4 rings (SSSR count). The number of imide groups is 1. The van der Waals surface area contributed by atoms with Gasteiger partial charge in [0.15, 0.2) is 0 Å². The van der Waals surface area contributed by atoms with Crippen LogP contribution in [0.5, 0.6) is 0 Å². The number of carbonyl (C=O) groups is 4. The zero-order chi connectivity index (χ0) is 19.7. The molecule has 0 aromatic heterocycles. The van der Waals surface area contributed by atoms with E-state index in [0.717, 1.165) is 17.7 Å². The van der Waals surface area contributed by atoms with Gasteiger partial charge in [-0.25, -0.2) is 0 Å². The van der Waals surface area contributed by atoms with Gasteiger partial charge in [0, 0.05) is 45.8 Å². The largest absolute Gasteiger partial charge is 0.368 e. The Kier molecular flexibility index (Phi) is 5.13. The van der Waals surface area contributed by atoms with Crippen LogP contribution in [0.1, 0.15) is 40.0 Å². The van der Waals surface area contributed by atoms with E-state index in [1.54, 1.807) is 34.1 Å². The SMILES string of the molecule is O=C(CCN1C(=O)c2ccccc2C1=O)N1CCN(C(=O)C2CCCO2)CC1. The summed E-state index contributed by atoms with van der Waals surface area (Å²) in [4.78, 5) is 54.2. The molecule has 0 radical (unpaired) electrons. The number of hydrogen-bond acceptors (Lipinski definition) is 5. The number of benzene rings is 1. The van der Waals surface area contributed by atoms with E-state index in [1.165, 1.54) is 0 Å². The summed E-state index contributed by atoms with van der Waals surface area (Å²) in [6.45, 7) is 2.58. The van der Waals surface area contributed by atoms with Gasteiger partial charge in [-0.3, -0.25) is 24.1 Å². The molecule has 4 amide bonds. The predicted molar refractivity (Wildman–Crippen MR) is 98.6 cm³/mol. The molecule has 28 heavy (non-hydrogen) atoms. The number of ether oxygens (including phenoxy) is 1. The first-order valence-electron chi connectivity index (χ1n) is 9.69. The van der Waals surface area contributed by atoms with Gasteiger partial charge in [0.05, 0.1) is 11.1 Å². The van der Waals surface area contributed by atoms with Gasteiger partial charge < -0.3 is 14.5 Å². The molecule has 2 fully saturated rings. The first-order chi connectivity index (χ1) is 13.6. The van der Waals surface area contributed by atoms with Crippen molar-refractivity contribution in [2.75, 3.05) is 39.3 Å². The van der Waals surface area contributed by atoms with E-state index in [1.807, 2.05) is 0 Å². The van der Waals surface area contributed by atoms with Crippen molar-refractivity contribution >= 4 is 23.6 Å². The molecule has 1 atom stereocenters. The molecule has 3 aliphatic rings. The Morgan fingerprint density at radius 1 is 0.964 bits per heavy atom. The highest BCUT2D eigenvalue weighted by Crippen LogP contribution is 2.22. The van der Waals surface area contributed by atoms with Gasteiger partial charge in [-0.05, 0) is 25.0 Å². The van der Waals surface area contributed by atoms with E-state index >= 15 is 0 Å². The van der Waals surface area contributed by atoms with Crippen molar-refractivity contribution in [1.29, 1.82) is 0 Å². The van der Waals surface area contributed by atoms with Gasteiger partial charge in [-0.2, -0.15) is 0 Å². The normalized spacial score (nSPS) is 22.0. The molecule has 0 spiro atoms. The monoisotopic (exact) mass is 385 g/mol. The van der Waals surface area contributed by atoms with Crippen molar-refractivity contribution in [3.63, 3.8) is 0 Å². The third kappa shape index (κ3) is 3.40. The topological polar surface area (TPSA) is 87.2 Å². The molecule has 8 nitrogen and oxygen atoms in total. The van der Waals surface area contributed by atoms with Gasteiger partial charge in [0.1, 0.15) is 6.10 Å². The van der Waals surface area contributed by atoms with E-state index in [2.05, 4.69) is 0 Å². The van der Waals surface area contributed by atoms with Gasteiger partial charge in [-0.1, -0.05) is 12.1 Å². The Hall–Kier alpha value is -2.74. The minimum absolute atomic E-state index is 0.00984. The second-order valence-corrected chi connectivity index (χ2v) is 7.27. The zero-order valence-electron chi connectivity index (χ0n) is 15.6. The van der Waals surface area contributed by atoms with Crippen LogP contribution in [0.2, 0.25) is 0 Å². The highest BCUT2D eigenvalue weighted by atomic mass is 16.5. The highest BCUT2D eigenvalue weighted by Gasteiger charge is 2.36. The summed E-state index contributed by atoms with van der Waals surface area (Å²) in [7, 11) is 0. The Balaban J connectivity index is 1.27. The van der Waals surface area contributed by atoms with Crippen molar-refractivity contribution in [1.82, 2.24) is 14.7 Å². The van der Waals surface area contributed by atoms with Gasteiger partial charge in [0.2, 0.25) is 5.91 Å². The second-order valence-electron chi connectivity index (χ2n) is 7.27. The Bertz CT molecular complexity index is 775. The van der Waals surface area contributed by atoms with Crippen LogP contribution in [-0.4, -0.2) is 83.8 Å². The molecular weight excluding hydrogens is 362 g/mol. The Labute approximate surface area is 163 Å². The van der Waals surface area contributed by atoms with E-state index in [0.29, 0.717) is 43.9 Å². The molecule has 3 aliphatic heterocycles. The van der Waals surface area contributed by atoms with Crippen molar-refractivity contribution in [3.8, 4) is 0 Å². The van der Waals surface area contributed by atoms with Crippen molar-refractivity contribution in [2.45, 2.75) is 25.4 Å². The summed E-state index contributed by atoms with van der Waals surface area (Å²) >= 11 is 0. The van der Waals surface area contributed by atoms with Crippen LogP contribution in [0.15, 0.2) is 24.3 Å². The van der Waals surface area contributed by atoms with Gasteiger partial charge in [0.25, 0.3) is 17.7 Å². The van der Waals surface area contributed by atoms with E-state index in [-0.39, 0.29) is 42.7 Å². The molecule has 148 valence electrons. The van der Waals surface area contributed by atoms with Crippen molar-refractivity contribution < 1.29 is 23.9 Å². The van der Waals surface area contributed by atoms with Crippen LogP contribution in [0.3, 0.4) is 0 Å². The number of rotatable bonds is 4.